The quantitative estimate of drug-likeness (QED) is 0.283. The van der Waals surface area contributed by atoms with Crippen LogP contribution in [0, 0.1) is 10.1 Å². The normalized spacial score (nSPS) is 10.8. The van der Waals surface area contributed by atoms with Crippen molar-refractivity contribution >= 4 is 23.4 Å². The van der Waals surface area contributed by atoms with Crippen LogP contribution < -0.4 is 5.32 Å². The summed E-state index contributed by atoms with van der Waals surface area (Å²) in [6.45, 7) is 0. The zero-order chi connectivity index (χ0) is 21.6. The predicted octanol–water partition coefficient (Wildman–Crippen LogP) is 4.36. The summed E-state index contributed by atoms with van der Waals surface area (Å²) in [5.41, 5.74) is 2.30. The van der Waals surface area contributed by atoms with Crippen LogP contribution in [0.15, 0.2) is 83.7 Å². The lowest BCUT2D eigenvalue weighted by atomic mass is 10.1. The van der Waals surface area contributed by atoms with E-state index in [1.807, 2.05) is 0 Å². The number of anilines is 1. The molecule has 0 bridgehead atoms. The molecule has 0 radical (unpaired) electrons. The largest absolute Gasteiger partial charge is 0.334 e. The molecule has 0 aliphatic heterocycles. The summed E-state index contributed by atoms with van der Waals surface area (Å²) < 4.78 is 5.38. The Hall–Kier alpha value is -4.66. The van der Waals surface area contributed by atoms with Crippen molar-refractivity contribution in [3.05, 3.63) is 94.8 Å². The van der Waals surface area contributed by atoms with Gasteiger partial charge in [0.1, 0.15) is 0 Å². The summed E-state index contributed by atoms with van der Waals surface area (Å²) in [4.78, 5) is 31.2. The van der Waals surface area contributed by atoms with Crippen LogP contribution in [0.4, 0.5) is 11.4 Å². The number of pyridine rings is 1. The third-order valence-electron chi connectivity index (χ3n) is 4.29. The molecule has 0 aliphatic carbocycles. The fraction of sp³-hybridized carbons (Fsp3) is 0. The van der Waals surface area contributed by atoms with Crippen LogP contribution in [-0.4, -0.2) is 26.0 Å². The predicted molar refractivity (Wildman–Crippen MR) is 114 cm³/mol. The zero-order valence-electron chi connectivity index (χ0n) is 16.0. The number of carbonyl (C=O) groups excluding carboxylic acids is 1. The lowest BCUT2D eigenvalue weighted by Gasteiger charge is -2.06. The third kappa shape index (κ3) is 4.67. The molecule has 2 aromatic carbocycles. The van der Waals surface area contributed by atoms with Crippen LogP contribution in [0.3, 0.4) is 0 Å². The van der Waals surface area contributed by atoms with Crippen LogP contribution in [0.25, 0.3) is 28.9 Å². The number of aromatic nitrogens is 3. The molecule has 0 spiro atoms. The highest BCUT2D eigenvalue weighted by atomic mass is 16.6. The summed E-state index contributed by atoms with van der Waals surface area (Å²) in [7, 11) is 0. The Morgan fingerprint density at radius 3 is 2.68 bits per heavy atom. The summed E-state index contributed by atoms with van der Waals surface area (Å²) in [5, 5.41) is 17.6. The fourth-order valence-corrected chi connectivity index (χ4v) is 2.82. The average molecular weight is 413 g/mol. The number of nitro benzene ring substituents is 1. The van der Waals surface area contributed by atoms with Crippen molar-refractivity contribution in [1.29, 1.82) is 0 Å². The van der Waals surface area contributed by atoms with Crippen LogP contribution in [-0.2, 0) is 4.79 Å². The Morgan fingerprint density at radius 1 is 1.06 bits per heavy atom. The van der Waals surface area contributed by atoms with Gasteiger partial charge in [0.2, 0.25) is 11.7 Å². The van der Waals surface area contributed by atoms with Gasteiger partial charge in [-0.05, 0) is 35.9 Å². The van der Waals surface area contributed by atoms with Crippen molar-refractivity contribution in [2.24, 2.45) is 0 Å². The molecule has 2 heterocycles. The summed E-state index contributed by atoms with van der Waals surface area (Å²) in [5.74, 6) is 0.252. The van der Waals surface area contributed by atoms with Crippen molar-refractivity contribution < 1.29 is 14.2 Å². The molecule has 152 valence electrons. The number of non-ortho nitro benzene ring substituents is 1. The topological polar surface area (TPSA) is 124 Å². The van der Waals surface area contributed by atoms with Crippen molar-refractivity contribution in [3.63, 3.8) is 0 Å². The van der Waals surface area contributed by atoms with Crippen molar-refractivity contribution in [2.45, 2.75) is 0 Å². The fourth-order valence-electron chi connectivity index (χ4n) is 2.82. The number of hydrogen-bond acceptors (Lipinski definition) is 7. The second-order valence-corrected chi connectivity index (χ2v) is 6.38. The lowest BCUT2D eigenvalue weighted by molar-refractivity contribution is -0.384. The Bertz CT molecular complexity index is 1270. The molecule has 0 saturated heterocycles. The van der Waals surface area contributed by atoms with Gasteiger partial charge in [0.05, 0.1) is 16.2 Å². The van der Waals surface area contributed by atoms with E-state index in [1.54, 1.807) is 60.9 Å². The van der Waals surface area contributed by atoms with Gasteiger partial charge < -0.3 is 9.84 Å². The Labute approximate surface area is 176 Å². The van der Waals surface area contributed by atoms with E-state index in [4.69, 9.17) is 4.52 Å². The standard InChI is InChI=1S/C22H15N5O4/c28-20(9-8-15-4-3-5-17(14-15)27(29)30)24-19-7-2-1-6-18(19)22-25-21(26-31-22)16-10-12-23-13-11-16/h1-14H,(H,24,28)/b9-8+. The minimum absolute atomic E-state index is 0.0469. The highest BCUT2D eigenvalue weighted by Gasteiger charge is 2.15. The SMILES string of the molecule is O=C(/C=C/c1cccc([N+](=O)[O-])c1)Nc1ccccc1-c1nc(-c2ccncc2)no1. The molecular formula is C22H15N5O4. The van der Waals surface area contributed by atoms with Gasteiger partial charge in [-0.3, -0.25) is 19.9 Å². The molecule has 0 aliphatic rings. The van der Waals surface area contributed by atoms with E-state index in [-0.39, 0.29) is 11.6 Å². The second kappa shape index (κ2) is 8.78. The first-order chi connectivity index (χ1) is 15.1. The van der Waals surface area contributed by atoms with Crippen LogP contribution in [0.5, 0.6) is 0 Å². The monoisotopic (exact) mass is 413 g/mol. The lowest BCUT2D eigenvalue weighted by Crippen LogP contribution is -2.08. The van der Waals surface area contributed by atoms with E-state index < -0.39 is 10.8 Å². The molecule has 0 saturated carbocycles. The van der Waals surface area contributed by atoms with Crippen molar-refractivity contribution in [1.82, 2.24) is 15.1 Å². The van der Waals surface area contributed by atoms with Crippen molar-refractivity contribution in [2.75, 3.05) is 5.32 Å². The van der Waals surface area contributed by atoms with E-state index in [1.165, 1.54) is 24.3 Å². The molecule has 0 fully saturated rings. The van der Waals surface area contributed by atoms with E-state index in [9.17, 15) is 14.9 Å². The molecule has 4 aromatic rings. The molecule has 0 atom stereocenters. The van der Waals surface area contributed by atoms with Crippen molar-refractivity contribution in [3.8, 4) is 22.8 Å². The third-order valence-corrected chi connectivity index (χ3v) is 4.29. The number of benzene rings is 2. The van der Waals surface area contributed by atoms with Crippen LogP contribution in [0.1, 0.15) is 5.56 Å². The maximum atomic E-state index is 12.4. The highest BCUT2D eigenvalue weighted by Crippen LogP contribution is 2.28. The second-order valence-electron chi connectivity index (χ2n) is 6.38. The van der Waals surface area contributed by atoms with Gasteiger partial charge in [-0.25, -0.2) is 0 Å². The van der Waals surface area contributed by atoms with E-state index in [0.717, 1.165) is 5.56 Å². The van der Waals surface area contributed by atoms with Crippen LogP contribution >= 0.6 is 0 Å². The molecule has 0 unspecified atom stereocenters. The number of rotatable bonds is 6. The number of hydrogen-bond donors (Lipinski definition) is 1. The molecule has 1 amide bonds. The zero-order valence-corrected chi connectivity index (χ0v) is 16.0. The van der Waals surface area contributed by atoms with E-state index in [0.29, 0.717) is 22.6 Å². The number of nitro groups is 1. The first-order valence-electron chi connectivity index (χ1n) is 9.17. The molecule has 9 heteroatoms. The first kappa shape index (κ1) is 19.6. The average Bonchev–Trinajstić information content (AvgIpc) is 3.29. The number of nitrogens with one attached hydrogen (secondary N) is 1. The van der Waals surface area contributed by atoms with Gasteiger partial charge in [0.25, 0.3) is 11.6 Å². The van der Waals surface area contributed by atoms with Crippen LogP contribution in [0.2, 0.25) is 0 Å². The van der Waals surface area contributed by atoms with Gasteiger partial charge in [0.15, 0.2) is 0 Å². The molecule has 9 nitrogen and oxygen atoms in total. The smallest absolute Gasteiger partial charge is 0.270 e. The molecule has 31 heavy (non-hydrogen) atoms. The van der Waals surface area contributed by atoms with Gasteiger partial charge in [-0.1, -0.05) is 29.4 Å². The van der Waals surface area contributed by atoms with Gasteiger partial charge in [-0.15, -0.1) is 0 Å². The van der Waals surface area contributed by atoms with Gasteiger partial charge in [0, 0.05) is 36.2 Å². The Kier molecular flexibility index (Phi) is 5.57. The number of nitrogens with zero attached hydrogens (tertiary/aromatic N) is 4. The summed E-state index contributed by atoms with van der Waals surface area (Å²) in [6.07, 6.45) is 6.06. The minimum atomic E-state index is -0.488. The summed E-state index contributed by atoms with van der Waals surface area (Å²) >= 11 is 0. The number of para-hydroxylation sites is 1. The minimum Gasteiger partial charge on any atom is -0.334 e. The maximum absolute atomic E-state index is 12.4. The Morgan fingerprint density at radius 2 is 1.87 bits per heavy atom. The number of amides is 1. The van der Waals surface area contributed by atoms with E-state index >= 15 is 0 Å². The van der Waals surface area contributed by atoms with E-state index in [2.05, 4.69) is 20.4 Å². The molecular weight excluding hydrogens is 398 g/mol. The number of carbonyl (C=O) groups is 1. The first-order valence-corrected chi connectivity index (χ1v) is 9.17. The molecule has 2 aromatic heterocycles. The van der Waals surface area contributed by atoms with Gasteiger partial charge >= 0.3 is 0 Å². The Balaban J connectivity index is 1.53. The molecule has 4 rings (SSSR count). The van der Waals surface area contributed by atoms with Gasteiger partial charge in [-0.2, -0.15) is 4.98 Å². The highest BCUT2D eigenvalue weighted by molar-refractivity contribution is 6.03. The summed E-state index contributed by atoms with van der Waals surface area (Å²) in [6, 6.07) is 16.6. The maximum Gasteiger partial charge on any atom is 0.270 e. The molecule has 1 N–H and O–H groups in total.